The van der Waals surface area contributed by atoms with Crippen LogP contribution in [0.15, 0.2) is 24.3 Å². The van der Waals surface area contributed by atoms with Gasteiger partial charge in [-0.25, -0.2) is 4.79 Å². The van der Waals surface area contributed by atoms with E-state index >= 15 is 0 Å². The van der Waals surface area contributed by atoms with Gasteiger partial charge in [-0.3, -0.25) is 9.59 Å². The zero-order chi connectivity index (χ0) is 42.0. The lowest BCUT2D eigenvalue weighted by Gasteiger charge is -2.30. The number of carbonyl (C=O) groups excluding carboxylic acids is 3. The maximum atomic E-state index is 12.9. The number of likely N-dealkylation sites (tertiary alicyclic amines) is 1. The van der Waals surface area contributed by atoms with Crippen LogP contribution in [0, 0.1) is 5.92 Å². The Hall–Kier alpha value is -2.43. The third-order valence-corrected chi connectivity index (χ3v) is 10.6. The minimum atomic E-state index is -0.527. The molecule has 0 radical (unpaired) electrons. The van der Waals surface area contributed by atoms with Crippen LogP contribution in [0.2, 0.25) is 0 Å². The molecule has 0 aliphatic carbocycles. The first-order chi connectivity index (χ1) is 28.5. The fourth-order valence-electron chi connectivity index (χ4n) is 6.60. The first kappa shape index (κ1) is 53.6. The van der Waals surface area contributed by atoms with Crippen molar-refractivity contribution in [3.8, 4) is 0 Å². The normalized spacial score (nSPS) is 13.7. The largest absolute Gasteiger partial charge is 0.465 e. The van der Waals surface area contributed by atoms with Crippen LogP contribution in [0.5, 0.6) is 0 Å². The van der Waals surface area contributed by atoms with Gasteiger partial charge in [-0.1, -0.05) is 141 Å². The smallest absolute Gasteiger partial charge is 0.407 e. The lowest BCUT2D eigenvalue weighted by Crippen LogP contribution is -2.42. The maximum absolute atomic E-state index is 12.9. The van der Waals surface area contributed by atoms with Gasteiger partial charge in [-0.15, -0.1) is 0 Å². The van der Waals surface area contributed by atoms with Gasteiger partial charge in [0, 0.05) is 39.1 Å². The number of carbonyl (C=O) groups is 3. The summed E-state index contributed by atoms with van der Waals surface area (Å²) in [4.78, 5) is 40.2. The molecule has 58 heavy (non-hydrogen) atoms. The van der Waals surface area contributed by atoms with Gasteiger partial charge < -0.3 is 33.9 Å². The van der Waals surface area contributed by atoms with Crippen molar-refractivity contribution < 1.29 is 38.1 Å². The van der Waals surface area contributed by atoms with Crippen LogP contribution in [-0.4, -0.2) is 88.4 Å². The van der Waals surface area contributed by atoms with Crippen molar-refractivity contribution in [2.24, 2.45) is 5.92 Å². The second kappa shape index (κ2) is 41.3. The Labute approximate surface area is 355 Å². The highest BCUT2D eigenvalue weighted by atomic mass is 16.7. The van der Waals surface area contributed by atoms with Crippen LogP contribution < -0.4 is 5.32 Å². The van der Waals surface area contributed by atoms with E-state index in [1.54, 1.807) is 0 Å². The molecule has 1 aliphatic heterocycles. The predicted molar refractivity (Wildman–Crippen MR) is 237 cm³/mol. The van der Waals surface area contributed by atoms with Crippen molar-refractivity contribution in [2.75, 3.05) is 59.2 Å². The maximum Gasteiger partial charge on any atom is 0.407 e. The van der Waals surface area contributed by atoms with Crippen LogP contribution in [-0.2, 0) is 33.3 Å². The SMILES string of the molecule is CCCCC/C=C\C/C=C\CCCCCCCC(=O)OCC(COC(=O)CCC(OCCCCCCCC)OCCCCCCCC)COC(=O)NCCN1CCC1. The van der Waals surface area contributed by atoms with E-state index in [1.165, 1.54) is 83.5 Å². The number of nitrogens with zero attached hydrogens (tertiary/aromatic N) is 1. The van der Waals surface area contributed by atoms with Crippen molar-refractivity contribution >= 4 is 18.0 Å². The van der Waals surface area contributed by atoms with Gasteiger partial charge in [0.15, 0.2) is 6.29 Å². The summed E-state index contributed by atoms with van der Waals surface area (Å²) in [6.45, 7) is 11.3. The summed E-state index contributed by atoms with van der Waals surface area (Å²) >= 11 is 0. The Balaban J connectivity index is 2.46. The number of allylic oxidation sites excluding steroid dienone is 4. The number of hydrogen-bond acceptors (Lipinski definition) is 9. The molecule has 1 aliphatic rings. The Morgan fingerprint density at radius 2 is 1.05 bits per heavy atom. The highest BCUT2D eigenvalue weighted by Crippen LogP contribution is 2.14. The molecule has 1 saturated heterocycles. The molecule has 1 amide bonds. The van der Waals surface area contributed by atoms with E-state index in [0.717, 1.165) is 90.3 Å². The summed E-state index contributed by atoms with van der Waals surface area (Å²) < 4.78 is 28.9. The fourth-order valence-corrected chi connectivity index (χ4v) is 6.60. The second-order valence-corrected chi connectivity index (χ2v) is 16.2. The van der Waals surface area contributed by atoms with Crippen LogP contribution in [0.1, 0.15) is 194 Å². The quantitative estimate of drug-likeness (QED) is 0.0211. The van der Waals surface area contributed by atoms with E-state index in [9.17, 15) is 14.4 Å². The Morgan fingerprint density at radius 3 is 1.62 bits per heavy atom. The van der Waals surface area contributed by atoms with E-state index < -0.39 is 18.3 Å². The average molecular weight is 821 g/mol. The number of alkyl carbamates (subject to hydrolysis) is 1. The topological polar surface area (TPSA) is 113 Å². The van der Waals surface area contributed by atoms with Gasteiger partial charge in [0.1, 0.15) is 19.8 Å². The molecule has 1 fully saturated rings. The number of ether oxygens (including phenoxy) is 5. The summed E-state index contributed by atoms with van der Waals surface area (Å²) in [6.07, 6.45) is 36.7. The molecule has 0 saturated carbocycles. The molecule has 338 valence electrons. The Bertz CT molecular complexity index is 1000. The highest BCUT2D eigenvalue weighted by molar-refractivity contribution is 5.70. The molecule has 1 unspecified atom stereocenters. The summed E-state index contributed by atoms with van der Waals surface area (Å²) in [6, 6.07) is 0. The summed E-state index contributed by atoms with van der Waals surface area (Å²) in [5.41, 5.74) is 0. The predicted octanol–water partition coefficient (Wildman–Crippen LogP) is 11.8. The molecule has 0 spiro atoms. The second-order valence-electron chi connectivity index (χ2n) is 16.2. The van der Waals surface area contributed by atoms with Gasteiger partial charge >= 0.3 is 18.0 Å². The van der Waals surface area contributed by atoms with Crippen LogP contribution >= 0.6 is 0 Å². The Morgan fingerprint density at radius 1 is 0.569 bits per heavy atom. The van der Waals surface area contributed by atoms with Crippen molar-refractivity contribution in [2.45, 2.75) is 200 Å². The first-order valence-corrected chi connectivity index (χ1v) is 24.0. The molecular weight excluding hydrogens is 733 g/mol. The van der Waals surface area contributed by atoms with Crippen LogP contribution in [0.4, 0.5) is 4.79 Å². The molecule has 0 aromatic heterocycles. The highest BCUT2D eigenvalue weighted by Gasteiger charge is 2.20. The molecule has 0 aromatic rings. The van der Waals surface area contributed by atoms with Crippen molar-refractivity contribution in [3.63, 3.8) is 0 Å². The number of hydrogen-bond donors (Lipinski definition) is 1. The summed E-state index contributed by atoms with van der Waals surface area (Å²) in [5.74, 6) is -1.13. The number of esters is 2. The number of amides is 1. The van der Waals surface area contributed by atoms with Gasteiger partial charge in [-0.05, 0) is 70.9 Å². The van der Waals surface area contributed by atoms with Gasteiger partial charge in [0.25, 0.3) is 0 Å². The molecule has 0 bridgehead atoms. The molecule has 1 heterocycles. The number of nitrogens with one attached hydrogen (secondary N) is 1. The van der Waals surface area contributed by atoms with E-state index in [0.29, 0.717) is 32.6 Å². The third-order valence-electron chi connectivity index (χ3n) is 10.6. The van der Waals surface area contributed by atoms with E-state index in [4.69, 9.17) is 23.7 Å². The van der Waals surface area contributed by atoms with E-state index in [1.807, 2.05) is 0 Å². The van der Waals surface area contributed by atoms with E-state index in [-0.39, 0.29) is 38.2 Å². The monoisotopic (exact) mass is 821 g/mol. The molecule has 1 atom stereocenters. The Kier molecular flexibility index (Phi) is 38.2. The van der Waals surface area contributed by atoms with Crippen molar-refractivity contribution in [1.29, 1.82) is 0 Å². The van der Waals surface area contributed by atoms with Gasteiger partial charge in [0.05, 0.1) is 12.3 Å². The standard InChI is InChI=1S/C48H88N2O8/c1-4-7-10-13-16-17-18-19-20-21-22-23-24-25-28-32-45(51)56-41-44(43-58-48(53)49-35-38-50-36-31-37-50)42-57-46(52)33-34-47(54-39-29-26-14-11-8-5-2)55-40-30-27-15-12-9-6-3/h16-17,19-20,44,47H,4-15,18,21-43H2,1-3H3,(H,49,53)/b17-16-,20-19-. The lowest BCUT2D eigenvalue weighted by atomic mass is 10.1. The van der Waals surface area contributed by atoms with Crippen molar-refractivity contribution in [3.05, 3.63) is 24.3 Å². The molecule has 10 heteroatoms. The van der Waals surface area contributed by atoms with Crippen LogP contribution in [0.25, 0.3) is 0 Å². The molecule has 1 N–H and O–H groups in total. The van der Waals surface area contributed by atoms with Gasteiger partial charge in [-0.2, -0.15) is 0 Å². The van der Waals surface area contributed by atoms with Crippen molar-refractivity contribution in [1.82, 2.24) is 10.2 Å². The molecule has 0 aromatic carbocycles. The fraction of sp³-hybridized carbons (Fsp3) is 0.854. The molecule has 1 rings (SSSR count). The lowest BCUT2D eigenvalue weighted by molar-refractivity contribution is -0.161. The number of rotatable bonds is 42. The van der Waals surface area contributed by atoms with Gasteiger partial charge in [0.2, 0.25) is 0 Å². The minimum Gasteiger partial charge on any atom is -0.465 e. The average Bonchev–Trinajstić information content (AvgIpc) is 3.20. The summed E-state index contributed by atoms with van der Waals surface area (Å²) in [7, 11) is 0. The zero-order valence-corrected chi connectivity index (χ0v) is 37.6. The van der Waals surface area contributed by atoms with E-state index in [2.05, 4.69) is 55.3 Å². The minimum absolute atomic E-state index is 0.0127. The zero-order valence-electron chi connectivity index (χ0n) is 37.6. The molecule has 10 nitrogen and oxygen atoms in total. The van der Waals surface area contributed by atoms with Crippen LogP contribution in [0.3, 0.4) is 0 Å². The third kappa shape index (κ3) is 35.5. The molecular formula is C48H88N2O8. The number of unbranched alkanes of at least 4 members (excludes halogenated alkanes) is 18. The first-order valence-electron chi connectivity index (χ1n) is 24.0. The summed E-state index contributed by atoms with van der Waals surface area (Å²) in [5, 5.41) is 2.79.